The van der Waals surface area contributed by atoms with E-state index in [4.69, 9.17) is 23.2 Å². The van der Waals surface area contributed by atoms with E-state index in [2.05, 4.69) is 37.6 Å². The number of amides is 1. The third kappa shape index (κ3) is 5.35. The smallest absolute Gasteiger partial charge is 0.234 e. The molecule has 11 heteroatoms. The number of halogens is 2. The lowest BCUT2D eigenvalue weighted by molar-refractivity contribution is -0.113. The van der Waals surface area contributed by atoms with Gasteiger partial charge in [0.25, 0.3) is 0 Å². The molecule has 0 saturated carbocycles. The fraction of sp³-hybridized carbons (Fsp3) is 0.333. The molecular weight excluding hydrogens is 469 g/mol. The minimum Gasteiger partial charge on any atom is -0.366 e. The predicted molar refractivity (Wildman–Crippen MR) is 129 cm³/mol. The van der Waals surface area contributed by atoms with E-state index in [0.717, 1.165) is 44.1 Å². The van der Waals surface area contributed by atoms with Crippen molar-refractivity contribution in [3.05, 3.63) is 52.5 Å². The van der Waals surface area contributed by atoms with Gasteiger partial charge in [0.05, 0.1) is 27.8 Å². The maximum absolute atomic E-state index is 12.7. The van der Waals surface area contributed by atoms with Gasteiger partial charge >= 0.3 is 0 Å². The Labute approximate surface area is 200 Å². The largest absolute Gasteiger partial charge is 0.366 e. The van der Waals surface area contributed by atoms with E-state index in [-0.39, 0.29) is 11.7 Å². The molecule has 2 aromatic carbocycles. The summed E-state index contributed by atoms with van der Waals surface area (Å²) in [6.07, 6.45) is 0. The van der Waals surface area contributed by atoms with Gasteiger partial charge in [-0.25, -0.2) is 0 Å². The zero-order valence-electron chi connectivity index (χ0n) is 17.5. The standard InChI is InChI=1S/C21H23Cl2N7OS/c1-2-28-10-12-29(13-11-28)20-17(23)4-3-5-18(20)24-19(31)14-32-21-25-26-27-30(21)16-8-6-15(22)7-9-16/h3-9H,2,10-14H2,1H3,(H,24,31). The molecule has 0 unspecified atom stereocenters. The highest BCUT2D eigenvalue weighted by Crippen LogP contribution is 2.35. The van der Waals surface area contributed by atoms with Crippen LogP contribution in [0.1, 0.15) is 6.92 Å². The fourth-order valence-corrected chi connectivity index (χ4v) is 4.67. The van der Waals surface area contributed by atoms with Gasteiger partial charge in [0.1, 0.15) is 0 Å². The number of likely N-dealkylation sites (N-methyl/N-ethyl adjacent to an activating group) is 1. The molecule has 8 nitrogen and oxygen atoms in total. The van der Waals surface area contributed by atoms with Crippen LogP contribution in [-0.4, -0.2) is 69.5 Å². The molecule has 1 aromatic heterocycles. The summed E-state index contributed by atoms with van der Waals surface area (Å²) in [4.78, 5) is 17.4. The van der Waals surface area contributed by atoms with Crippen LogP contribution in [0.5, 0.6) is 0 Å². The molecule has 1 aliphatic heterocycles. The lowest BCUT2D eigenvalue weighted by atomic mass is 10.2. The zero-order valence-corrected chi connectivity index (χ0v) is 19.9. The predicted octanol–water partition coefficient (Wildman–Crippen LogP) is 3.84. The number of thioether (sulfide) groups is 1. The number of para-hydroxylation sites is 1. The summed E-state index contributed by atoms with van der Waals surface area (Å²) >= 11 is 13.7. The lowest BCUT2D eigenvalue weighted by Crippen LogP contribution is -2.46. The normalized spacial score (nSPS) is 14.5. The van der Waals surface area contributed by atoms with E-state index >= 15 is 0 Å². The van der Waals surface area contributed by atoms with Crippen LogP contribution in [0.4, 0.5) is 11.4 Å². The molecule has 3 aromatic rings. The van der Waals surface area contributed by atoms with Crippen molar-refractivity contribution < 1.29 is 4.79 Å². The summed E-state index contributed by atoms with van der Waals surface area (Å²) in [6.45, 7) is 6.87. The topological polar surface area (TPSA) is 79.2 Å². The molecule has 0 spiro atoms. The van der Waals surface area contributed by atoms with E-state index in [9.17, 15) is 4.79 Å². The quantitative estimate of drug-likeness (QED) is 0.502. The summed E-state index contributed by atoms with van der Waals surface area (Å²) in [7, 11) is 0. The number of rotatable bonds is 7. The molecule has 1 fully saturated rings. The molecule has 0 aliphatic carbocycles. The van der Waals surface area contributed by atoms with Crippen molar-refractivity contribution in [3.63, 3.8) is 0 Å². The first-order chi connectivity index (χ1) is 15.5. The van der Waals surface area contributed by atoms with Gasteiger partial charge in [-0.15, -0.1) is 5.10 Å². The summed E-state index contributed by atoms with van der Waals surface area (Å²) in [5.74, 6) is 0.000137. The molecule has 1 N–H and O–H groups in total. The average molecular weight is 492 g/mol. The van der Waals surface area contributed by atoms with Gasteiger partial charge in [-0.05, 0) is 53.4 Å². The second-order valence-corrected chi connectivity index (χ2v) is 9.03. The van der Waals surface area contributed by atoms with Gasteiger partial charge in [0, 0.05) is 31.2 Å². The molecule has 168 valence electrons. The van der Waals surface area contributed by atoms with Gasteiger partial charge in [0.15, 0.2) is 0 Å². The number of carbonyl (C=O) groups excluding carboxylic acids is 1. The van der Waals surface area contributed by atoms with Gasteiger partial charge < -0.3 is 15.1 Å². The first-order valence-electron chi connectivity index (χ1n) is 10.3. The van der Waals surface area contributed by atoms with E-state index < -0.39 is 0 Å². The summed E-state index contributed by atoms with van der Waals surface area (Å²) < 4.78 is 1.58. The number of benzene rings is 2. The third-order valence-corrected chi connectivity index (χ3v) is 6.72. The van der Waals surface area contributed by atoms with Crippen molar-refractivity contribution in [1.29, 1.82) is 0 Å². The number of nitrogens with zero attached hydrogens (tertiary/aromatic N) is 6. The number of nitrogens with one attached hydrogen (secondary N) is 1. The maximum atomic E-state index is 12.7. The molecule has 0 bridgehead atoms. The van der Waals surface area contributed by atoms with E-state index in [1.165, 1.54) is 11.8 Å². The van der Waals surface area contributed by atoms with Crippen LogP contribution >= 0.6 is 35.0 Å². The van der Waals surface area contributed by atoms with Crippen molar-refractivity contribution in [2.24, 2.45) is 0 Å². The average Bonchev–Trinajstić information content (AvgIpc) is 3.27. The molecule has 32 heavy (non-hydrogen) atoms. The summed E-state index contributed by atoms with van der Waals surface area (Å²) in [5.41, 5.74) is 2.35. The number of aromatic nitrogens is 4. The van der Waals surface area contributed by atoms with Crippen molar-refractivity contribution in [3.8, 4) is 5.69 Å². The first-order valence-corrected chi connectivity index (χ1v) is 12.0. The maximum Gasteiger partial charge on any atom is 0.234 e. The third-order valence-electron chi connectivity index (χ3n) is 5.24. The van der Waals surface area contributed by atoms with Crippen LogP contribution in [0.15, 0.2) is 47.6 Å². The summed E-state index contributed by atoms with van der Waals surface area (Å²) in [5, 5.41) is 16.6. The second-order valence-electron chi connectivity index (χ2n) is 7.24. The second kappa shape index (κ2) is 10.5. The monoisotopic (exact) mass is 491 g/mol. The van der Waals surface area contributed by atoms with Gasteiger partial charge in [-0.1, -0.05) is 48.0 Å². The molecule has 2 heterocycles. The number of anilines is 2. The highest BCUT2D eigenvalue weighted by Gasteiger charge is 2.21. The zero-order chi connectivity index (χ0) is 22.5. The number of hydrogen-bond donors (Lipinski definition) is 1. The highest BCUT2D eigenvalue weighted by molar-refractivity contribution is 7.99. The first kappa shape index (κ1) is 22.8. The van der Waals surface area contributed by atoms with Crippen molar-refractivity contribution in [1.82, 2.24) is 25.1 Å². The molecule has 0 atom stereocenters. The Balaban J connectivity index is 1.42. The Morgan fingerprint density at radius 2 is 1.84 bits per heavy atom. The van der Waals surface area contributed by atoms with Crippen LogP contribution in [-0.2, 0) is 4.79 Å². The van der Waals surface area contributed by atoms with Gasteiger partial charge in [0.2, 0.25) is 11.1 Å². The van der Waals surface area contributed by atoms with Gasteiger partial charge in [-0.3, -0.25) is 4.79 Å². The number of hydrogen-bond acceptors (Lipinski definition) is 7. The Bertz CT molecular complexity index is 1070. The van der Waals surface area contributed by atoms with Crippen molar-refractivity contribution in [2.45, 2.75) is 12.1 Å². The molecule has 1 aliphatic rings. The Morgan fingerprint density at radius 3 is 2.56 bits per heavy atom. The van der Waals surface area contributed by atoms with E-state index in [1.807, 2.05) is 30.3 Å². The van der Waals surface area contributed by atoms with Crippen LogP contribution in [0.2, 0.25) is 10.0 Å². The minimum atomic E-state index is -0.156. The molecular formula is C21H23Cl2N7OS. The lowest BCUT2D eigenvalue weighted by Gasteiger charge is -2.36. The number of tetrazole rings is 1. The van der Waals surface area contributed by atoms with E-state index in [1.54, 1.807) is 16.8 Å². The minimum absolute atomic E-state index is 0.156. The van der Waals surface area contributed by atoms with Crippen LogP contribution < -0.4 is 10.2 Å². The molecule has 0 radical (unpaired) electrons. The SMILES string of the molecule is CCN1CCN(c2c(Cl)cccc2NC(=O)CSc2nnnn2-c2ccc(Cl)cc2)CC1. The Hall–Kier alpha value is -2.33. The van der Waals surface area contributed by atoms with E-state index in [0.29, 0.717) is 20.9 Å². The van der Waals surface area contributed by atoms with Crippen LogP contribution in [0, 0.1) is 0 Å². The Kier molecular flexibility index (Phi) is 7.51. The van der Waals surface area contributed by atoms with Crippen molar-refractivity contribution >= 4 is 52.2 Å². The fourth-order valence-electron chi connectivity index (χ4n) is 3.55. The van der Waals surface area contributed by atoms with Gasteiger partial charge in [-0.2, -0.15) is 4.68 Å². The molecule has 4 rings (SSSR count). The molecule has 1 amide bonds. The highest BCUT2D eigenvalue weighted by atomic mass is 35.5. The molecule has 1 saturated heterocycles. The summed E-state index contributed by atoms with van der Waals surface area (Å²) in [6, 6.07) is 12.7. The number of piperazine rings is 1. The van der Waals surface area contributed by atoms with Crippen molar-refractivity contribution in [2.75, 3.05) is 48.7 Å². The van der Waals surface area contributed by atoms with Crippen LogP contribution in [0.25, 0.3) is 5.69 Å². The van der Waals surface area contributed by atoms with Crippen LogP contribution in [0.3, 0.4) is 0 Å². The Morgan fingerprint density at radius 1 is 1.09 bits per heavy atom. The number of carbonyl (C=O) groups is 1.